The average molecular weight is 659 g/mol. The molecule has 13 heteroatoms. The number of carboxylic acid groups (broad SMARTS) is 1. The third-order valence-corrected chi connectivity index (χ3v) is 8.17. The lowest BCUT2D eigenvalue weighted by molar-refractivity contribution is -0.144. The number of rotatable bonds is 10. The van der Waals surface area contributed by atoms with Crippen LogP contribution in [0, 0.1) is 11.3 Å². The molecule has 3 aromatic carbocycles. The molecule has 8 nitrogen and oxygen atoms in total. The third kappa shape index (κ3) is 8.89. The molecule has 0 aliphatic heterocycles. The van der Waals surface area contributed by atoms with Gasteiger partial charge in [0.2, 0.25) is 0 Å². The Morgan fingerprint density at radius 2 is 1.69 bits per heavy atom. The molecular weight excluding hydrogens is 629 g/mol. The van der Waals surface area contributed by atoms with Crippen LogP contribution in [0.1, 0.15) is 52.6 Å². The molecule has 2 amide bonds. The van der Waals surface area contributed by atoms with Crippen LogP contribution < -0.4 is 10.6 Å². The first-order valence-corrected chi connectivity index (χ1v) is 15.2. The SMILES string of the molecule is CC(C)(C)C(CSCc1cccc(C(=O)Nc2ccc(Cl)cc2C(=O)Nc2ccn(-c3cccc(C(F)(F)F)c3)n2)c1)C(=O)O. The topological polar surface area (TPSA) is 113 Å². The van der Waals surface area contributed by atoms with E-state index in [9.17, 15) is 32.7 Å². The molecule has 0 fully saturated rings. The van der Waals surface area contributed by atoms with Crippen LogP contribution in [0.25, 0.3) is 5.69 Å². The third-order valence-electron chi connectivity index (χ3n) is 6.83. The number of aliphatic carboxylic acids is 1. The molecule has 3 N–H and O–H groups in total. The minimum Gasteiger partial charge on any atom is -0.481 e. The summed E-state index contributed by atoms with van der Waals surface area (Å²) >= 11 is 7.62. The van der Waals surface area contributed by atoms with E-state index in [1.165, 1.54) is 59.0 Å². The van der Waals surface area contributed by atoms with Gasteiger partial charge in [0.15, 0.2) is 5.82 Å². The highest BCUT2D eigenvalue weighted by molar-refractivity contribution is 7.98. The molecule has 0 radical (unpaired) electrons. The zero-order valence-electron chi connectivity index (χ0n) is 24.5. The molecule has 1 aromatic heterocycles. The molecule has 1 atom stereocenters. The second kappa shape index (κ2) is 13.8. The van der Waals surface area contributed by atoms with Gasteiger partial charge in [-0.1, -0.05) is 50.6 Å². The maximum Gasteiger partial charge on any atom is 0.416 e. The van der Waals surface area contributed by atoms with E-state index >= 15 is 0 Å². The Morgan fingerprint density at radius 1 is 0.956 bits per heavy atom. The van der Waals surface area contributed by atoms with Crippen molar-refractivity contribution in [1.82, 2.24) is 9.78 Å². The number of carboxylic acids is 1. The summed E-state index contributed by atoms with van der Waals surface area (Å²) in [5, 5.41) is 19.3. The van der Waals surface area contributed by atoms with Gasteiger partial charge in [-0.25, -0.2) is 4.68 Å². The van der Waals surface area contributed by atoms with Crippen LogP contribution in [0.3, 0.4) is 0 Å². The van der Waals surface area contributed by atoms with Gasteiger partial charge in [-0.3, -0.25) is 14.4 Å². The van der Waals surface area contributed by atoms with E-state index < -0.39 is 40.9 Å². The van der Waals surface area contributed by atoms with E-state index in [1.807, 2.05) is 26.8 Å². The van der Waals surface area contributed by atoms with Crippen molar-refractivity contribution in [3.63, 3.8) is 0 Å². The Hall–Kier alpha value is -4.29. The zero-order chi connectivity index (χ0) is 32.9. The summed E-state index contributed by atoms with van der Waals surface area (Å²) < 4.78 is 40.6. The van der Waals surface area contributed by atoms with Gasteiger partial charge in [-0.05, 0) is 59.5 Å². The van der Waals surface area contributed by atoms with Crippen molar-refractivity contribution < 1.29 is 32.7 Å². The predicted octanol–water partition coefficient (Wildman–Crippen LogP) is 8.03. The molecule has 0 spiro atoms. The Bertz CT molecular complexity index is 1720. The summed E-state index contributed by atoms with van der Waals surface area (Å²) in [7, 11) is 0. The lowest BCUT2D eigenvalue weighted by Gasteiger charge is -2.26. The van der Waals surface area contributed by atoms with Crippen molar-refractivity contribution in [2.45, 2.75) is 32.7 Å². The summed E-state index contributed by atoms with van der Waals surface area (Å²) in [6, 6.07) is 17.3. The number of benzene rings is 3. The van der Waals surface area contributed by atoms with Gasteiger partial charge in [0.05, 0.1) is 28.4 Å². The minimum absolute atomic E-state index is 0.0399. The molecule has 0 aliphatic carbocycles. The fourth-order valence-corrected chi connectivity index (χ4v) is 5.92. The number of thioether (sulfide) groups is 1. The van der Waals surface area contributed by atoms with Crippen molar-refractivity contribution in [2.24, 2.45) is 11.3 Å². The van der Waals surface area contributed by atoms with Gasteiger partial charge < -0.3 is 15.7 Å². The van der Waals surface area contributed by atoms with E-state index in [2.05, 4.69) is 15.7 Å². The number of nitrogens with zero attached hydrogens (tertiary/aromatic N) is 2. The highest BCUT2D eigenvalue weighted by Crippen LogP contribution is 2.32. The Labute approximate surface area is 267 Å². The first-order chi connectivity index (χ1) is 21.1. The van der Waals surface area contributed by atoms with E-state index in [0.29, 0.717) is 17.1 Å². The van der Waals surface area contributed by atoms with Gasteiger partial charge in [0, 0.05) is 34.4 Å². The molecule has 0 bridgehead atoms. The second-order valence-corrected chi connectivity index (χ2v) is 12.7. The lowest BCUT2D eigenvalue weighted by atomic mass is 9.82. The number of amides is 2. The molecule has 0 saturated heterocycles. The first kappa shape index (κ1) is 33.6. The van der Waals surface area contributed by atoms with Crippen LogP contribution in [0.5, 0.6) is 0 Å². The standard InChI is InChI=1S/C32H30ClF3N4O4S/c1-31(2,3)25(30(43)44)18-45-17-19-6-4-7-20(14-19)28(41)37-26-11-10-22(33)16-24(26)29(42)38-27-12-13-40(39-27)23-9-5-8-21(15-23)32(34,35)36/h4-16,25H,17-18H2,1-3H3,(H,37,41)(H,43,44)(H,38,39,42). The monoisotopic (exact) mass is 658 g/mol. The quantitative estimate of drug-likeness (QED) is 0.159. The fraction of sp³-hybridized carbons (Fsp3) is 0.250. The largest absolute Gasteiger partial charge is 0.481 e. The van der Waals surface area contributed by atoms with Crippen LogP contribution in [-0.4, -0.2) is 38.4 Å². The zero-order valence-corrected chi connectivity index (χ0v) is 26.1. The molecule has 45 heavy (non-hydrogen) atoms. The molecule has 1 heterocycles. The number of alkyl halides is 3. The van der Waals surface area contributed by atoms with Gasteiger partial charge in [0.25, 0.3) is 11.8 Å². The normalized spacial score (nSPS) is 12.4. The molecule has 4 rings (SSSR count). The van der Waals surface area contributed by atoms with Crippen LogP contribution in [0.4, 0.5) is 24.7 Å². The minimum atomic E-state index is -4.52. The van der Waals surface area contributed by atoms with Crippen LogP contribution in [-0.2, 0) is 16.7 Å². The maximum absolute atomic E-state index is 13.2. The van der Waals surface area contributed by atoms with E-state index in [4.69, 9.17) is 11.6 Å². The molecular formula is C32H30ClF3N4O4S. The Morgan fingerprint density at radius 3 is 2.38 bits per heavy atom. The average Bonchev–Trinajstić information content (AvgIpc) is 3.43. The molecule has 1 unspecified atom stereocenters. The van der Waals surface area contributed by atoms with E-state index in [-0.39, 0.29) is 27.8 Å². The molecule has 236 valence electrons. The number of hydrogen-bond acceptors (Lipinski definition) is 5. The highest BCUT2D eigenvalue weighted by atomic mass is 35.5. The summed E-state index contributed by atoms with van der Waals surface area (Å²) in [5.41, 5.74) is 0.295. The van der Waals surface area contributed by atoms with Crippen molar-refractivity contribution in [3.8, 4) is 5.69 Å². The Kier molecular flexibility index (Phi) is 10.3. The van der Waals surface area contributed by atoms with Crippen molar-refractivity contribution in [2.75, 3.05) is 16.4 Å². The molecule has 0 saturated carbocycles. The maximum atomic E-state index is 13.2. The lowest BCUT2D eigenvalue weighted by Crippen LogP contribution is -2.30. The molecule has 4 aromatic rings. The number of aromatic nitrogens is 2. The highest BCUT2D eigenvalue weighted by Gasteiger charge is 2.31. The number of carbonyl (C=O) groups excluding carboxylic acids is 2. The van der Waals surface area contributed by atoms with Crippen LogP contribution in [0.15, 0.2) is 79.0 Å². The smallest absolute Gasteiger partial charge is 0.416 e. The number of hydrogen-bond donors (Lipinski definition) is 3. The predicted molar refractivity (Wildman–Crippen MR) is 169 cm³/mol. The summed E-state index contributed by atoms with van der Waals surface area (Å²) in [6.07, 6.45) is -3.12. The summed E-state index contributed by atoms with van der Waals surface area (Å²) in [5.74, 6) is -1.53. The van der Waals surface area contributed by atoms with Crippen molar-refractivity contribution in [3.05, 3.63) is 106 Å². The number of carbonyl (C=O) groups is 3. The van der Waals surface area contributed by atoms with Crippen LogP contribution in [0.2, 0.25) is 5.02 Å². The van der Waals surface area contributed by atoms with Gasteiger partial charge in [-0.2, -0.15) is 30.0 Å². The summed E-state index contributed by atoms with van der Waals surface area (Å²) in [6.45, 7) is 5.65. The number of halogens is 4. The van der Waals surface area contributed by atoms with Crippen molar-refractivity contribution >= 4 is 52.7 Å². The molecule has 0 aliphatic rings. The van der Waals surface area contributed by atoms with Gasteiger partial charge in [-0.15, -0.1) is 0 Å². The Balaban J connectivity index is 1.45. The van der Waals surface area contributed by atoms with Crippen LogP contribution >= 0.6 is 23.4 Å². The van der Waals surface area contributed by atoms with Gasteiger partial charge in [0.1, 0.15) is 0 Å². The summed E-state index contributed by atoms with van der Waals surface area (Å²) in [4.78, 5) is 38.1. The van der Waals surface area contributed by atoms with E-state index in [0.717, 1.165) is 17.7 Å². The fourth-order valence-electron chi connectivity index (χ4n) is 4.34. The number of anilines is 2. The van der Waals surface area contributed by atoms with Crippen molar-refractivity contribution in [1.29, 1.82) is 0 Å². The first-order valence-electron chi connectivity index (χ1n) is 13.7. The number of nitrogens with one attached hydrogen (secondary N) is 2. The second-order valence-electron chi connectivity index (χ2n) is 11.3. The van der Waals surface area contributed by atoms with Gasteiger partial charge >= 0.3 is 12.1 Å². The van der Waals surface area contributed by atoms with E-state index in [1.54, 1.807) is 18.2 Å².